The summed E-state index contributed by atoms with van der Waals surface area (Å²) in [4.78, 5) is 0. The van der Waals surface area contributed by atoms with E-state index >= 15 is 0 Å². The van der Waals surface area contributed by atoms with Crippen LogP contribution in [0.1, 0.15) is 19.8 Å². The van der Waals surface area contributed by atoms with Gasteiger partial charge in [0, 0.05) is 18.6 Å². The molecule has 2 heteroatoms. The second-order valence-corrected chi connectivity index (χ2v) is 2.90. The molecule has 2 N–H and O–H groups in total. The molecular formula is C7H16N2. The van der Waals surface area contributed by atoms with Gasteiger partial charge in [-0.3, -0.25) is 0 Å². The molecule has 1 unspecified atom stereocenters. The third-order valence-corrected chi connectivity index (χ3v) is 1.61. The summed E-state index contributed by atoms with van der Waals surface area (Å²) in [5.41, 5.74) is 0. The van der Waals surface area contributed by atoms with E-state index in [0.717, 1.165) is 12.6 Å². The smallest absolute Gasteiger partial charge is 0.0166 e. The Balaban J connectivity index is 1.95. The fourth-order valence-electron chi connectivity index (χ4n) is 1.02. The summed E-state index contributed by atoms with van der Waals surface area (Å²) >= 11 is 0. The summed E-state index contributed by atoms with van der Waals surface area (Å²) in [6, 6.07) is 1.48. The van der Waals surface area contributed by atoms with Crippen molar-refractivity contribution in [3.05, 3.63) is 0 Å². The van der Waals surface area contributed by atoms with E-state index in [2.05, 4.69) is 17.6 Å². The first kappa shape index (κ1) is 7.03. The molecule has 1 fully saturated rings. The number of hydrogen-bond donors (Lipinski definition) is 2. The third kappa shape index (κ3) is 2.82. The molecule has 0 aliphatic heterocycles. The van der Waals surface area contributed by atoms with E-state index in [-0.39, 0.29) is 0 Å². The van der Waals surface area contributed by atoms with Crippen LogP contribution in [0.25, 0.3) is 0 Å². The molecule has 0 radical (unpaired) electrons. The van der Waals surface area contributed by atoms with Crippen molar-refractivity contribution in [2.75, 3.05) is 13.6 Å². The fourth-order valence-corrected chi connectivity index (χ4v) is 1.02. The van der Waals surface area contributed by atoms with Crippen LogP contribution < -0.4 is 10.6 Å². The highest BCUT2D eigenvalue weighted by molar-refractivity contribution is 4.83. The van der Waals surface area contributed by atoms with Gasteiger partial charge in [-0.25, -0.2) is 0 Å². The van der Waals surface area contributed by atoms with Crippen molar-refractivity contribution in [2.24, 2.45) is 0 Å². The Morgan fingerprint density at radius 1 is 1.56 bits per heavy atom. The first-order valence-corrected chi connectivity index (χ1v) is 3.73. The molecule has 0 aromatic rings. The normalized spacial score (nSPS) is 22.0. The summed E-state index contributed by atoms with van der Waals surface area (Å²) in [7, 11) is 1.99. The molecule has 0 saturated heterocycles. The molecule has 1 aliphatic carbocycles. The quantitative estimate of drug-likeness (QED) is 0.570. The number of hydrogen-bond acceptors (Lipinski definition) is 2. The monoisotopic (exact) mass is 128 g/mol. The van der Waals surface area contributed by atoms with Crippen molar-refractivity contribution < 1.29 is 0 Å². The molecule has 1 saturated carbocycles. The molecule has 2 nitrogen and oxygen atoms in total. The summed E-state index contributed by atoms with van der Waals surface area (Å²) in [6.07, 6.45) is 2.77. The Hall–Kier alpha value is -0.0800. The first-order valence-electron chi connectivity index (χ1n) is 3.73. The van der Waals surface area contributed by atoms with Gasteiger partial charge < -0.3 is 10.6 Å². The molecule has 9 heavy (non-hydrogen) atoms. The van der Waals surface area contributed by atoms with Crippen molar-refractivity contribution in [3.8, 4) is 0 Å². The highest BCUT2D eigenvalue weighted by atomic mass is 15.0. The lowest BCUT2D eigenvalue weighted by atomic mass is 10.3. The van der Waals surface area contributed by atoms with Crippen molar-refractivity contribution in [1.29, 1.82) is 0 Å². The van der Waals surface area contributed by atoms with Crippen LogP contribution in [-0.2, 0) is 0 Å². The topological polar surface area (TPSA) is 24.1 Å². The molecule has 0 aromatic heterocycles. The summed E-state index contributed by atoms with van der Waals surface area (Å²) in [5, 5.41) is 6.63. The van der Waals surface area contributed by atoms with Gasteiger partial charge in [0.1, 0.15) is 0 Å². The largest absolute Gasteiger partial charge is 0.318 e. The average Bonchev–Trinajstić information content (AvgIpc) is 2.50. The predicted octanol–water partition coefficient (Wildman–Crippen LogP) is 0.346. The summed E-state index contributed by atoms with van der Waals surface area (Å²) < 4.78 is 0. The van der Waals surface area contributed by atoms with Crippen molar-refractivity contribution in [3.63, 3.8) is 0 Å². The average molecular weight is 128 g/mol. The van der Waals surface area contributed by atoms with E-state index < -0.39 is 0 Å². The maximum atomic E-state index is 3.49. The molecule has 1 atom stereocenters. The van der Waals surface area contributed by atoms with Gasteiger partial charge in [0.2, 0.25) is 0 Å². The van der Waals surface area contributed by atoms with Gasteiger partial charge in [0.15, 0.2) is 0 Å². The van der Waals surface area contributed by atoms with Crippen LogP contribution in [0.3, 0.4) is 0 Å². The van der Waals surface area contributed by atoms with Crippen LogP contribution in [0.2, 0.25) is 0 Å². The molecule has 0 bridgehead atoms. The number of likely N-dealkylation sites (N-methyl/N-ethyl adjacent to an activating group) is 1. The van der Waals surface area contributed by atoms with E-state index in [1.807, 2.05) is 7.05 Å². The molecular weight excluding hydrogens is 112 g/mol. The van der Waals surface area contributed by atoms with Crippen LogP contribution in [0, 0.1) is 0 Å². The van der Waals surface area contributed by atoms with Crippen LogP contribution in [0.5, 0.6) is 0 Å². The molecule has 0 spiro atoms. The van der Waals surface area contributed by atoms with Gasteiger partial charge in [0.05, 0.1) is 0 Å². The molecule has 54 valence electrons. The number of rotatable bonds is 4. The number of nitrogens with one attached hydrogen (secondary N) is 2. The minimum Gasteiger partial charge on any atom is -0.318 e. The second-order valence-electron chi connectivity index (χ2n) is 2.90. The van der Waals surface area contributed by atoms with E-state index in [9.17, 15) is 0 Å². The van der Waals surface area contributed by atoms with Gasteiger partial charge in [-0.05, 0) is 26.8 Å². The van der Waals surface area contributed by atoms with E-state index in [1.54, 1.807) is 0 Å². The Morgan fingerprint density at radius 3 is 2.67 bits per heavy atom. The second kappa shape index (κ2) is 3.18. The lowest BCUT2D eigenvalue weighted by molar-refractivity contribution is 0.521. The van der Waals surface area contributed by atoms with Gasteiger partial charge in [-0.1, -0.05) is 0 Å². The highest BCUT2D eigenvalue weighted by Crippen LogP contribution is 2.18. The third-order valence-electron chi connectivity index (χ3n) is 1.61. The zero-order chi connectivity index (χ0) is 6.69. The van der Waals surface area contributed by atoms with E-state index in [4.69, 9.17) is 0 Å². The Bertz CT molecular complexity index is 79.0. The van der Waals surface area contributed by atoms with E-state index in [1.165, 1.54) is 12.8 Å². The zero-order valence-corrected chi connectivity index (χ0v) is 6.28. The Labute approximate surface area is 57.0 Å². The summed E-state index contributed by atoms with van der Waals surface area (Å²) in [5.74, 6) is 0. The fraction of sp³-hybridized carbons (Fsp3) is 1.00. The minimum absolute atomic E-state index is 0.641. The first-order chi connectivity index (χ1) is 4.33. The SMILES string of the molecule is CNCC(C)NC1CC1. The van der Waals surface area contributed by atoms with Gasteiger partial charge in [-0.15, -0.1) is 0 Å². The van der Waals surface area contributed by atoms with Crippen molar-refractivity contribution >= 4 is 0 Å². The minimum atomic E-state index is 0.641. The standard InChI is InChI=1S/C7H16N2/c1-6(5-8-2)9-7-3-4-7/h6-9H,3-5H2,1-2H3. The molecule has 0 heterocycles. The van der Waals surface area contributed by atoms with Crippen LogP contribution >= 0.6 is 0 Å². The van der Waals surface area contributed by atoms with Crippen molar-refractivity contribution in [1.82, 2.24) is 10.6 Å². The highest BCUT2D eigenvalue weighted by Gasteiger charge is 2.21. The van der Waals surface area contributed by atoms with Gasteiger partial charge in [-0.2, -0.15) is 0 Å². The maximum Gasteiger partial charge on any atom is 0.0166 e. The van der Waals surface area contributed by atoms with Crippen LogP contribution in [-0.4, -0.2) is 25.7 Å². The van der Waals surface area contributed by atoms with Gasteiger partial charge >= 0.3 is 0 Å². The summed E-state index contributed by atoms with van der Waals surface area (Å²) in [6.45, 7) is 3.30. The lowest BCUT2D eigenvalue weighted by Gasteiger charge is -2.11. The lowest BCUT2D eigenvalue weighted by Crippen LogP contribution is -2.36. The van der Waals surface area contributed by atoms with Crippen LogP contribution in [0.4, 0.5) is 0 Å². The molecule has 1 rings (SSSR count). The predicted molar refractivity (Wildman–Crippen MR) is 39.5 cm³/mol. The zero-order valence-electron chi connectivity index (χ0n) is 6.28. The Morgan fingerprint density at radius 2 is 2.22 bits per heavy atom. The van der Waals surface area contributed by atoms with Crippen LogP contribution in [0.15, 0.2) is 0 Å². The van der Waals surface area contributed by atoms with E-state index in [0.29, 0.717) is 6.04 Å². The molecule has 0 aromatic carbocycles. The Kier molecular flexibility index (Phi) is 2.49. The van der Waals surface area contributed by atoms with Crippen molar-refractivity contribution in [2.45, 2.75) is 31.8 Å². The van der Waals surface area contributed by atoms with Gasteiger partial charge in [0.25, 0.3) is 0 Å². The maximum absolute atomic E-state index is 3.49. The molecule has 0 amide bonds. The molecule has 1 aliphatic rings.